The van der Waals surface area contributed by atoms with Crippen LogP contribution in [0.15, 0.2) is 54.8 Å². The molecule has 0 fully saturated rings. The van der Waals surface area contributed by atoms with E-state index < -0.39 is 12.5 Å². The van der Waals surface area contributed by atoms with Crippen molar-refractivity contribution in [3.8, 4) is 0 Å². The van der Waals surface area contributed by atoms with E-state index >= 15 is 0 Å². The number of rotatable bonds is 3. The van der Waals surface area contributed by atoms with Crippen LogP contribution in [0.1, 0.15) is 30.5 Å². The smallest absolute Gasteiger partial charge is 0.156 e. The zero-order valence-corrected chi connectivity index (χ0v) is 10.8. The molecule has 1 heterocycles. The average molecular weight is 258 g/mol. The minimum absolute atomic E-state index is 0.565. The van der Waals surface area contributed by atoms with Gasteiger partial charge in [-0.25, -0.2) is 0 Å². The lowest BCUT2D eigenvalue weighted by Gasteiger charge is -2.27. The topological polar surface area (TPSA) is 69.7 Å². The van der Waals surface area contributed by atoms with Crippen LogP contribution >= 0.6 is 0 Å². The van der Waals surface area contributed by atoms with E-state index in [1.54, 1.807) is 36.4 Å². The number of nitrogens with two attached hydrogens (primary N) is 1. The van der Waals surface area contributed by atoms with Gasteiger partial charge in [-0.1, -0.05) is 30.9 Å². The van der Waals surface area contributed by atoms with Gasteiger partial charge in [0.05, 0.1) is 0 Å². The summed E-state index contributed by atoms with van der Waals surface area (Å²) in [7, 11) is 0. The second kappa shape index (κ2) is 5.30. The number of anilines is 1. The van der Waals surface area contributed by atoms with Crippen LogP contribution in [-0.2, 0) is 0 Å². The Labute approximate surface area is 112 Å². The van der Waals surface area contributed by atoms with Crippen molar-refractivity contribution in [2.75, 3.05) is 5.73 Å². The summed E-state index contributed by atoms with van der Waals surface area (Å²) in [4.78, 5) is 1.53. The fourth-order valence-corrected chi connectivity index (χ4v) is 2.27. The van der Waals surface area contributed by atoms with E-state index in [1.807, 2.05) is 13.0 Å². The minimum atomic E-state index is -0.908. The van der Waals surface area contributed by atoms with Gasteiger partial charge in [0.15, 0.2) is 12.5 Å². The van der Waals surface area contributed by atoms with Gasteiger partial charge in [-0.15, -0.1) is 0 Å². The Balaban J connectivity index is 2.41. The number of fused-ring (bicyclic) bond motifs is 1. The predicted molar refractivity (Wildman–Crippen MR) is 75.7 cm³/mol. The first-order valence-electron chi connectivity index (χ1n) is 6.09. The van der Waals surface area contributed by atoms with E-state index in [0.29, 0.717) is 16.8 Å². The summed E-state index contributed by atoms with van der Waals surface area (Å²) in [6.07, 6.45) is 5.21. The second-order valence-corrected chi connectivity index (χ2v) is 4.35. The molecular formula is C15H18N2O2. The van der Waals surface area contributed by atoms with Crippen molar-refractivity contribution < 1.29 is 10.2 Å². The number of aliphatic hydroxyl groups excluding tert-OH is 2. The predicted octanol–water partition coefficient (Wildman–Crippen LogP) is 2.21. The van der Waals surface area contributed by atoms with Gasteiger partial charge >= 0.3 is 0 Å². The molecule has 2 atom stereocenters. The zero-order valence-electron chi connectivity index (χ0n) is 10.8. The van der Waals surface area contributed by atoms with E-state index in [0.717, 1.165) is 5.70 Å². The molecule has 4 heteroatoms. The summed E-state index contributed by atoms with van der Waals surface area (Å²) in [5, 5.41) is 20.7. The number of hydrogen-bond donors (Lipinski definition) is 3. The van der Waals surface area contributed by atoms with Gasteiger partial charge in [-0.2, -0.15) is 0 Å². The zero-order chi connectivity index (χ0) is 14.0. The van der Waals surface area contributed by atoms with E-state index in [-0.39, 0.29) is 0 Å². The van der Waals surface area contributed by atoms with Gasteiger partial charge in [0.25, 0.3) is 0 Å². The molecule has 0 saturated heterocycles. The SMILES string of the molecule is C=C/C=C\C(=C/C)N1C(O)c2ccc(N)cc2C1O. The lowest BCUT2D eigenvalue weighted by atomic mass is 10.1. The highest BCUT2D eigenvalue weighted by Crippen LogP contribution is 2.42. The minimum Gasteiger partial charge on any atom is -0.399 e. The highest BCUT2D eigenvalue weighted by atomic mass is 16.3. The first-order chi connectivity index (χ1) is 9.10. The van der Waals surface area contributed by atoms with Crippen molar-refractivity contribution in [1.29, 1.82) is 0 Å². The quantitative estimate of drug-likeness (QED) is 0.574. The molecule has 4 N–H and O–H groups in total. The van der Waals surface area contributed by atoms with Crippen LogP contribution in [0.2, 0.25) is 0 Å². The van der Waals surface area contributed by atoms with Crippen molar-refractivity contribution in [2.24, 2.45) is 0 Å². The van der Waals surface area contributed by atoms with Gasteiger partial charge in [-0.05, 0) is 25.1 Å². The van der Waals surface area contributed by atoms with Crippen LogP contribution in [0.25, 0.3) is 0 Å². The van der Waals surface area contributed by atoms with Crippen LogP contribution in [0.5, 0.6) is 0 Å². The molecular weight excluding hydrogens is 240 g/mol. The second-order valence-electron chi connectivity index (χ2n) is 4.35. The van der Waals surface area contributed by atoms with Gasteiger partial charge in [0, 0.05) is 22.5 Å². The molecule has 0 amide bonds. The summed E-state index contributed by atoms with van der Waals surface area (Å²) >= 11 is 0. The summed E-state index contributed by atoms with van der Waals surface area (Å²) in [6.45, 7) is 5.46. The molecule has 1 aliphatic rings. The average Bonchev–Trinajstić information content (AvgIpc) is 2.64. The molecule has 0 spiro atoms. The lowest BCUT2D eigenvalue weighted by Crippen LogP contribution is -2.24. The van der Waals surface area contributed by atoms with Gasteiger partial charge < -0.3 is 20.8 Å². The summed E-state index contributed by atoms with van der Waals surface area (Å²) in [6, 6.07) is 5.14. The molecule has 0 aromatic heterocycles. The fraction of sp³-hybridized carbons (Fsp3) is 0.200. The van der Waals surface area contributed by atoms with E-state index in [2.05, 4.69) is 6.58 Å². The summed E-state index contributed by atoms with van der Waals surface area (Å²) < 4.78 is 0. The van der Waals surface area contributed by atoms with Crippen molar-refractivity contribution in [3.05, 3.63) is 65.9 Å². The third-order valence-electron chi connectivity index (χ3n) is 3.19. The van der Waals surface area contributed by atoms with E-state index in [9.17, 15) is 10.2 Å². The third-order valence-corrected chi connectivity index (χ3v) is 3.19. The van der Waals surface area contributed by atoms with Gasteiger partial charge in [0.1, 0.15) is 0 Å². The molecule has 4 nitrogen and oxygen atoms in total. The van der Waals surface area contributed by atoms with Crippen LogP contribution < -0.4 is 5.73 Å². The Morgan fingerprint density at radius 1 is 1.32 bits per heavy atom. The first kappa shape index (κ1) is 13.4. The maximum Gasteiger partial charge on any atom is 0.156 e. The molecule has 0 saturated carbocycles. The Bertz CT molecular complexity index is 549. The number of nitrogen functional groups attached to an aromatic ring is 1. The Hall–Kier alpha value is -2.04. The molecule has 0 aliphatic carbocycles. The molecule has 2 rings (SSSR count). The monoisotopic (exact) mass is 258 g/mol. The van der Waals surface area contributed by atoms with Crippen LogP contribution in [0.3, 0.4) is 0 Å². The largest absolute Gasteiger partial charge is 0.399 e. The Morgan fingerprint density at radius 3 is 2.63 bits per heavy atom. The molecule has 1 aromatic carbocycles. The number of aliphatic hydroxyl groups is 2. The van der Waals surface area contributed by atoms with Gasteiger partial charge in [0.2, 0.25) is 0 Å². The normalized spacial score (nSPS) is 22.9. The highest BCUT2D eigenvalue weighted by molar-refractivity contribution is 5.49. The maximum atomic E-state index is 10.3. The van der Waals surface area contributed by atoms with Crippen LogP contribution in [0, 0.1) is 0 Å². The first-order valence-corrected chi connectivity index (χ1v) is 6.09. The highest BCUT2D eigenvalue weighted by Gasteiger charge is 2.36. The molecule has 100 valence electrons. The van der Waals surface area contributed by atoms with Crippen molar-refractivity contribution in [1.82, 2.24) is 4.90 Å². The third kappa shape index (κ3) is 2.28. The van der Waals surface area contributed by atoms with Gasteiger partial charge in [-0.3, -0.25) is 0 Å². The summed E-state index contributed by atoms with van der Waals surface area (Å²) in [5.41, 5.74) is 8.31. The Kier molecular flexibility index (Phi) is 3.74. The van der Waals surface area contributed by atoms with Crippen LogP contribution in [0.4, 0.5) is 5.69 Å². The fourth-order valence-electron chi connectivity index (χ4n) is 2.27. The van der Waals surface area contributed by atoms with Crippen molar-refractivity contribution in [2.45, 2.75) is 19.4 Å². The lowest BCUT2D eigenvalue weighted by molar-refractivity contribution is -0.0574. The number of benzene rings is 1. The van der Waals surface area contributed by atoms with Crippen LogP contribution in [-0.4, -0.2) is 15.1 Å². The van der Waals surface area contributed by atoms with Crippen molar-refractivity contribution >= 4 is 5.69 Å². The maximum absolute atomic E-state index is 10.3. The molecule has 1 aliphatic heterocycles. The van der Waals surface area contributed by atoms with E-state index in [4.69, 9.17) is 5.73 Å². The molecule has 0 radical (unpaired) electrons. The number of nitrogens with zero attached hydrogens (tertiary/aromatic N) is 1. The van der Waals surface area contributed by atoms with Crippen molar-refractivity contribution in [3.63, 3.8) is 0 Å². The standard InChI is InChI=1S/C15H18N2O2/c1-3-5-6-11(4-2)17-14(18)12-8-7-10(16)9-13(12)15(17)19/h3-9,14-15,18-19H,1,16H2,2H3/b6-5-,11-4+. The molecule has 19 heavy (non-hydrogen) atoms. The number of hydrogen-bond acceptors (Lipinski definition) is 4. The molecule has 1 aromatic rings. The summed E-state index contributed by atoms with van der Waals surface area (Å²) in [5.74, 6) is 0. The molecule has 2 unspecified atom stereocenters. The van der Waals surface area contributed by atoms with E-state index in [1.165, 1.54) is 4.90 Å². The number of allylic oxidation sites excluding steroid dienone is 4. The Morgan fingerprint density at radius 2 is 2.00 bits per heavy atom. The molecule has 0 bridgehead atoms.